The molecule has 3 heterocycles. The second kappa shape index (κ2) is 4.70. The molecule has 0 amide bonds. The first-order valence-corrected chi connectivity index (χ1v) is 7.01. The third-order valence-electron chi connectivity index (χ3n) is 3.56. The number of fused-ring (bicyclic) bond motifs is 1. The third-order valence-corrected chi connectivity index (χ3v) is 4.50. The van der Waals surface area contributed by atoms with E-state index < -0.39 is 0 Å². The summed E-state index contributed by atoms with van der Waals surface area (Å²) < 4.78 is 1.77. The maximum Gasteiger partial charge on any atom is 0.234 e. The summed E-state index contributed by atoms with van der Waals surface area (Å²) in [5.41, 5.74) is 0. The van der Waals surface area contributed by atoms with Gasteiger partial charge in [0.1, 0.15) is 11.3 Å². The summed E-state index contributed by atoms with van der Waals surface area (Å²) in [5, 5.41) is 17.0. The minimum atomic E-state index is 0.687. The summed E-state index contributed by atoms with van der Waals surface area (Å²) in [6, 6.07) is 0. The van der Waals surface area contributed by atoms with Gasteiger partial charge in [-0.2, -0.15) is 9.61 Å². The van der Waals surface area contributed by atoms with Gasteiger partial charge in [-0.1, -0.05) is 18.3 Å². The van der Waals surface area contributed by atoms with E-state index in [1.54, 1.807) is 22.2 Å². The Kier molecular flexibility index (Phi) is 3.07. The highest BCUT2D eigenvalue weighted by Gasteiger charge is 2.21. The molecular formula is C11H17N5S. The quantitative estimate of drug-likeness (QED) is 0.895. The number of rotatable bonds is 3. The van der Waals surface area contributed by atoms with E-state index in [2.05, 4.69) is 27.5 Å². The number of hydrogen-bond acceptors (Lipinski definition) is 5. The fraction of sp³-hybridized carbons (Fsp3) is 0.727. The van der Waals surface area contributed by atoms with Gasteiger partial charge in [0.05, 0.1) is 0 Å². The Hall–Kier alpha value is -1.01. The Morgan fingerprint density at radius 1 is 1.65 bits per heavy atom. The van der Waals surface area contributed by atoms with Gasteiger partial charge < -0.3 is 5.32 Å². The lowest BCUT2D eigenvalue weighted by Crippen LogP contribution is -2.33. The van der Waals surface area contributed by atoms with Crippen molar-refractivity contribution in [1.29, 1.82) is 0 Å². The molecule has 17 heavy (non-hydrogen) atoms. The van der Waals surface area contributed by atoms with Gasteiger partial charge in [-0.25, -0.2) is 0 Å². The highest BCUT2D eigenvalue weighted by atomic mass is 32.1. The molecule has 0 saturated carbocycles. The number of aromatic nitrogens is 4. The van der Waals surface area contributed by atoms with E-state index in [0.29, 0.717) is 5.92 Å². The van der Waals surface area contributed by atoms with Gasteiger partial charge in [0, 0.05) is 6.42 Å². The van der Waals surface area contributed by atoms with E-state index in [4.69, 9.17) is 0 Å². The number of piperidine rings is 1. The topological polar surface area (TPSA) is 55.1 Å². The molecule has 0 bridgehead atoms. The Bertz CT molecular complexity index is 456. The predicted octanol–water partition coefficient (Wildman–Crippen LogP) is 1.36. The van der Waals surface area contributed by atoms with Gasteiger partial charge in [0.2, 0.25) is 4.96 Å². The van der Waals surface area contributed by atoms with E-state index in [0.717, 1.165) is 23.8 Å². The van der Waals surface area contributed by atoms with Gasteiger partial charge >= 0.3 is 0 Å². The van der Waals surface area contributed by atoms with Crippen LogP contribution in [0.1, 0.15) is 24.8 Å². The standard InChI is InChI=1S/C11H17N5S/c1-8(9-3-2-4-12-6-9)5-10-15-16-7-13-14-11(16)17-10/h7-9,12H,2-6H2,1H3. The molecule has 0 spiro atoms. The lowest BCUT2D eigenvalue weighted by Gasteiger charge is -2.27. The van der Waals surface area contributed by atoms with Crippen LogP contribution in [0.15, 0.2) is 6.33 Å². The minimum absolute atomic E-state index is 0.687. The molecule has 1 aliphatic heterocycles. The summed E-state index contributed by atoms with van der Waals surface area (Å²) in [7, 11) is 0. The van der Waals surface area contributed by atoms with Crippen LogP contribution in [-0.2, 0) is 6.42 Å². The zero-order valence-corrected chi connectivity index (χ0v) is 10.8. The summed E-state index contributed by atoms with van der Waals surface area (Å²) in [4.78, 5) is 0.897. The van der Waals surface area contributed by atoms with Gasteiger partial charge in [-0.15, -0.1) is 10.2 Å². The van der Waals surface area contributed by atoms with E-state index >= 15 is 0 Å². The second-order valence-electron chi connectivity index (χ2n) is 4.84. The Morgan fingerprint density at radius 2 is 2.59 bits per heavy atom. The summed E-state index contributed by atoms with van der Waals surface area (Å²) in [5.74, 6) is 1.48. The monoisotopic (exact) mass is 251 g/mol. The molecule has 2 atom stereocenters. The SMILES string of the molecule is CC(Cc1nn2cnnc2s1)C1CCCNC1. The van der Waals surface area contributed by atoms with Gasteiger partial charge in [0.25, 0.3) is 0 Å². The zero-order chi connectivity index (χ0) is 11.7. The van der Waals surface area contributed by atoms with Crippen LogP contribution in [0.2, 0.25) is 0 Å². The fourth-order valence-electron chi connectivity index (χ4n) is 2.49. The highest BCUT2D eigenvalue weighted by molar-refractivity contribution is 7.16. The average Bonchev–Trinajstić information content (AvgIpc) is 2.90. The normalized spacial score (nSPS) is 23.0. The van der Waals surface area contributed by atoms with Gasteiger partial charge in [-0.05, 0) is 37.8 Å². The van der Waals surface area contributed by atoms with Crippen LogP contribution in [0.3, 0.4) is 0 Å². The van der Waals surface area contributed by atoms with E-state index in [1.165, 1.54) is 24.4 Å². The Labute approximate surface area is 104 Å². The highest BCUT2D eigenvalue weighted by Crippen LogP contribution is 2.24. The minimum Gasteiger partial charge on any atom is -0.316 e. The molecule has 3 rings (SSSR count). The van der Waals surface area contributed by atoms with Crippen LogP contribution in [0.4, 0.5) is 0 Å². The zero-order valence-electron chi connectivity index (χ0n) is 9.96. The molecule has 5 nitrogen and oxygen atoms in total. The fourth-order valence-corrected chi connectivity index (χ4v) is 3.45. The van der Waals surface area contributed by atoms with Crippen molar-refractivity contribution in [3.05, 3.63) is 11.3 Å². The molecule has 1 aliphatic rings. The first kappa shape index (κ1) is 11.1. The molecular weight excluding hydrogens is 234 g/mol. The van der Waals surface area contributed by atoms with E-state index in [-0.39, 0.29) is 0 Å². The molecule has 6 heteroatoms. The molecule has 1 saturated heterocycles. The van der Waals surface area contributed by atoms with E-state index in [1.807, 2.05) is 0 Å². The van der Waals surface area contributed by atoms with Crippen LogP contribution in [0.5, 0.6) is 0 Å². The molecule has 2 aromatic heterocycles. The largest absolute Gasteiger partial charge is 0.316 e. The van der Waals surface area contributed by atoms with Crippen LogP contribution in [-0.4, -0.2) is 32.9 Å². The van der Waals surface area contributed by atoms with Crippen molar-refractivity contribution < 1.29 is 0 Å². The lowest BCUT2D eigenvalue weighted by molar-refractivity contribution is 0.278. The lowest BCUT2D eigenvalue weighted by atomic mass is 9.86. The summed E-state index contributed by atoms with van der Waals surface area (Å²) in [6.07, 6.45) is 5.38. The van der Waals surface area contributed by atoms with Crippen LogP contribution >= 0.6 is 11.3 Å². The summed E-state index contributed by atoms with van der Waals surface area (Å²) >= 11 is 1.65. The Balaban J connectivity index is 1.67. The van der Waals surface area contributed by atoms with Crippen molar-refractivity contribution in [2.45, 2.75) is 26.2 Å². The van der Waals surface area contributed by atoms with Crippen molar-refractivity contribution in [3.8, 4) is 0 Å². The number of nitrogens with one attached hydrogen (secondary N) is 1. The second-order valence-corrected chi connectivity index (χ2v) is 5.88. The van der Waals surface area contributed by atoms with Crippen molar-refractivity contribution in [3.63, 3.8) is 0 Å². The van der Waals surface area contributed by atoms with Crippen LogP contribution in [0.25, 0.3) is 4.96 Å². The van der Waals surface area contributed by atoms with Crippen molar-refractivity contribution in [1.82, 2.24) is 25.1 Å². The number of nitrogens with zero attached hydrogens (tertiary/aromatic N) is 4. The molecule has 0 aliphatic carbocycles. The van der Waals surface area contributed by atoms with E-state index in [9.17, 15) is 0 Å². The van der Waals surface area contributed by atoms with Gasteiger partial charge in [0.15, 0.2) is 0 Å². The predicted molar refractivity (Wildman–Crippen MR) is 67.1 cm³/mol. The van der Waals surface area contributed by atoms with Gasteiger partial charge in [-0.3, -0.25) is 0 Å². The first-order valence-electron chi connectivity index (χ1n) is 6.19. The molecule has 1 N–H and O–H groups in total. The summed E-state index contributed by atoms with van der Waals surface area (Å²) in [6.45, 7) is 4.67. The van der Waals surface area contributed by atoms with Crippen LogP contribution < -0.4 is 5.32 Å². The molecule has 0 aromatic carbocycles. The molecule has 2 aromatic rings. The Morgan fingerprint density at radius 3 is 3.35 bits per heavy atom. The molecule has 0 radical (unpaired) electrons. The molecule has 1 fully saturated rings. The maximum absolute atomic E-state index is 4.50. The third kappa shape index (κ3) is 2.32. The van der Waals surface area contributed by atoms with Crippen molar-refractivity contribution >= 4 is 16.3 Å². The van der Waals surface area contributed by atoms with Crippen LogP contribution in [0, 0.1) is 11.8 Å². The molecule has 92 valence electrons. The van der Waals surface area contributed by atoms with Crippen molar-refractivity contribution in [2.24, 2.45) is 11.8 Å². The first-order chi connectivity index (χ1) is 8.33. The average molecular weight is 251 g/mol. The molecule has 2 unspecified atom stereocenters. The number of hydrogen-bond donors (Lipinski definition) is 1. The van der Waals surface area contributed by atoms with Crippen molar-refractivity contribution in [2.75, 3.05) is 13.1 Å². The smallest absolute Gasteiger partial charge is 0.234 e. The maximum atomic E-state index is 4.50.